The molecule has 0 aliphatic carbocycles. The Morgan fingerprint density at radius 1 is 1.00 bits per heavy atom. The first-order valence-electron chi connectivity index (χ1n) is 7.06. The molecule has 0 fully saturated rings. The predicted octanol–water partition coefficient (Wildman–Crippen LogP) is 4.02. The van der Waals surface area contributed by atoms with Gasteiger partial charge in [-0.3, -0.25) is 4.79 Å². The summed E-state index contributed by atoms with van der Waals surface area (Å²) in [6.45, 7) is 2.03. The van der Waals surface area contributed by atoms with Gasteiger partial charge in [0.1, 0.15) is 0 Å². The van der Waals surface area contributed by atoms with Gasteiger partial charge in [-0.25, -0.2) is 0 Å². The van der Waals surface area contributed by atoms with Crippen LogP contribution in [0.25, 0.3) is 0 Å². The molecule has 0 bridgehead atoms. The normalized spacial score (nSPS) is 13.7. The van der Waals surface area contributed by atoms with E-state index < -0.39 is 6.10 Å². The fraction of sp³-hybridized carbons (Fsp3) is 0.278. The third-order valence-electron chi connectivity index (χ3n) is 3.52. The highest BCUT2D eigenvalue weighted by atomic mass is 16.3. The highest BCUT2D eigenvalue weighted by molar-refractivity contribution is 5.98. The van der Waals surface area contributed by atoms with Gasteiger partial charge in [-0.2, -0.15) is 0 Å². The average molecular weight is 268 g/mol. The summed E-state index contributed by atoms with van der Waals surface area (Å²) in [6.07, 6.45) is 0.806. The van der Waals surface area contributed by atoms with Crippen LogP contribution < -0.4 is 0 Å². The van der Waals surface area contributed by atoms with Crippen molar-refractivity contribution in [1.29, 1.82) is 0 Å². The number of carbonyl (C=O) groups is 1. The van der Waals surface area contributed by atoms with Crippen LogP contribution in [-0.4, -0.2) is 10.9 Å². The second-order valence-electron chi connectivity index (χ2n) is 4.98. The van der Waals surface area contributed by atoms with Crippen molar-refractivity contribution in [2.75, 3.05) is 0 Å². The lowest BCUT2D eigenvalue weighted by molar-refractivity contribution is 0.0654. The van der Waals surface area contributed by atoms with E-state index in [1.165, 1.54) is 0 Å². The van der Waals surface area contributed by atoms with E-state index in [-0.39, 0.29) is 11.7 Å². The van der Waals surface area contributed by atoms with Crippen LogP contribution in [0.5, 0.6) is 0 Å². The smallest absolute Gasteiger partial charge is 0.168 e. The van der Waals surface area contributed by atoms with E-state index in [1.54, 1.807) is 0 Å². The number of Topliss-reactive ketones (excluding diaryl/α,β-unsaturated/α-hetero) is 1. The number of benzene rings is 2. The number of hydrogen-bond donors (Lipinski definition) is 1. The Labute approximate surface area is 120 Å². The standard InChI is InChI=1S/C18H20O2/c1-2-9-16(17(19)14-10-5-3-6-11-14)18(20)15-12-7-4-8-13-15/h3-8,10-13,16-17,19H,2,9H2,1H3/t16-,17-/m1/s1. The maximum Gasteiger partial charge on any atom is 0.168 e. The van der Waals surface area contributed by atoms with E-state index >= 15 is 0 Å². The number of aliphatic hydroxyl groups excluding tert-OH is 1. The summed E-state index contributed by atoms with van der Waals surface area (Å²) in [7, 11) is 0. The molecule has 2 rings (SSSR count). The summed E-state index contributed by atoms with van der Waals surface area (Å²) < 4.78 is 0. The molecule has 0 saturated heterocycles. The average Bonchev–Trinajstić information content (AvgIpc) is 2.53. The van der Waals surface area contributed by atoms with Crippen molar-refractivity contribution >= 4 is 5.78 Å². The maximum absolute atomic E-state index is 12.6. The second kappa shape index (κ2) is 7.01. The summed E-state index contributed by atoms with van der Waals surface area (Å²) in [5.74, 6) is -0.367. The molecule has 0 heterocycles. The molecule has 0 aliphatic heterocycles. The molecule has 0 aliphatic rings. The summed E-state index contributed by atoms with van der Waals surface area (Å²) in [6, 6.07) is 18.6. The van der Waals surface area contributed by atoms with Gasteiger partial charge in [-0.15, -0.1) is 0 Å². The Morgan fingerprint density at radius 2 is 1.55 bits per heavy atom. The monoisotopic (exact) mass is 268 g/mol. The van der Waals surface area contributed by atoms with E-state index in [0.717, 1.165) is 12.0 Å². The minimum absolute atomic E-state index is 0.0174. The van der Waals surface area contributed by atoms with Crippen molar-refractivity contribution in [2.24, 2.45) is 5.92 Å². The molecule has 0 radical (unpaired) electrons. The molecule has 0 aromatic heterocycles. The van der Waals surface area contributed by atoms with Gasteiger partial charge < -0.3 is 5.11 Å². The van der Waals surface area contributed by atoms with E-state index in [9.17, 15) is 9.90 Å². The zero-order chi connectivity index (χ0) is 14.4. The molecule has 0 unspecified atom stereocenters. The number of carbonyl (C=O) groups excluding carboxylic acids is 1. The Kier molecular flexibility index (Phi) is 5.08. The van der Waals surface area contributed by atoms with Crippen LogP contribution >= 0.6 is 0 Å². The number of aliphatic hydroxyl groups is 1. The van der Waals surface area contributed by atoms with E-state index in [4.69, 9.17) is 0 Å². The maximum atomic E-state index is 12.6. The highest BCUT2D eigenvalue weighted by Gasteiger charge is 2.27. The molecule has 2 heteroatoms. The Bertz CT molecular complexity index is 534. The van der Waals surface area contributed by atoms with Gasteiger partial charge in [0.25, 0.3) is 0 Å². The van der Waals surface area contributed by atoms with Crippen LogP contribution in [0.3, 0.4) is 0 Å². The number of ketones is 1. The summed E-state index contributed by atoms with van der Waals surface area (Å²) in [4.78, 5) is 12.6. The van der Waals surface area contributed by atoms with Crippen molar-refractivity contribution in [3.8, 4) is 0 Å². The minimum atomic E-state index is -0.746. The molecule has 0 amide bonds. The molecule has 104 valence electrons. The van der Waals surface area contributed by atoms with Crippen LogP contribution in [0.4, 0.5) is 0 Å². The van der Waals surface area contributed by atoms with Gasteiger partial charge in [0, 0.05) is 5.56 Å². The predicted molar refractivity (Wildman–Crippen MR) is 80.6 cm³/mol. The molecular weight excluding hydrogens is 248 g/mol. The largest absolute Gasteiger partial charge is 0.388 e. The number of hydrogen-bond acceptors (Lipinski definition) is 2. The molecular formula is C18H20O2. The molecule has 20 heavy (non-hydrogen) atoms. The summed E-state index contributed by atoms with van der Waals surface area (Å²) in [5.41, 5.74) is 1.47. The second-order valence-corrected chi connectivity index (χ2v) is 4.98. The quantitative estimate of drug-likeness (QED) is 0.803. The van der Waals surface area contributed by atoms with Gasteiger partial charge in [0.2, 0.25) is 0 Å². The third-order valence-corrected chi connectivity index (χ3v) is 3.52. The lowest BCUT2D eigenvalue weighted by Crippen LogP contribution is -2.22. The molecule has 0 spiro atoms. The van der Waals surface area contributed by atoms with Crippen molar-refractivity contribution in [1.82, 2.24) is 0 Å². The Morgan fingerprint density at radius 3 is 2.10 bits per heavy atom. The van der Waals surface area contributed by atoms with Gasteiger partial charge >= 0.3 is 0 Å². The van der Waals surface area contributed by atoms with E-state index in [0.29, 0.717) is 12.0 Å². The van der Waals surface area contributed by atoms with Crippen molar-refractivity contribution in [3.63, 3.8) is 0 Å². The molecule has 2 nitrogen and oxygen atoms in total. The van der Waals surface area contributed by atoms with Crippen molar-refractivity contribution < 1.29 is 9.90 Å². The van der Waals surface area contributed by atoms with E-state index in [2.05, 4.69) is 0 Å². The highest BCUT2D eigenvalue weighted by Crippen LogP contribution is 2.28. The van der Waals surface area contributed by atoms with Crippen LogP contribution in [0.1, 0.15) is 41.8 Å². The molecule has 2 atom stereocenters. The third kappa shape index (κ3) is 3.34. The zero-order valence-electron chi connectivity index (χ0n) is 11.7. The van der Waals surface area contributed by atoms with Crippen molar-refractivity contribution in [2.45, 2.75) is 25.9 Å². The number of rotatable bonds is 6. The van der Waals surface area contributed by atoms with E-state index in [1.807, 2.05) is 67.6 Å². The Balaban J connectivity index is 2.25. The van der Waals surface area contributed by atoms with Gasteiger partial charge in [-0.05, 0) is 12.0 Å². The topological polar surface area (TPSA) is 37.3 Å². The lowest BCUT2D eigenvalue weighted by Gasteiger charge is -2.22. The summed E-state index contributed by atoms with van der Waals surface area (Å²) >= 11 is 0. The van der Waals surface area contributed by atoms with Crippen LogP contribution in [-0.2, 0) is 0 Å². The molecule has 1 N–H and O–H groups in total. The zero-order valence-corrected chi connectivity index (χ0v) is 11.7. The van der Waals surface area contributed by atoms with Crippen LogP contribution in [0, 0.1) is 5.92 Å². The van der Waals surface area contributed by atoms with Gasteiger partial charge in [0.15, 0.2) is 5.78 Å². The first kappa shape index (κ1) is 14.5. The SMILES string of the molecule is CCC[C@@H](C(=O)c1ccccc1)[C@H](O)c1ccccc1. The fourth-order valence-electron chi connectivity index (χ4n) is 2.44. The van der Waals surface area contributed by atoms with Gasteiger partial charge in [-0.1, -0.05) is 74.0 Å². The lowest BCUT2D eigenvalue weighted by atomic mass is 9.85. The minimum Gasteiger partial charge on any atom is -0.388 e. The van der Waals surface area contributed by atoms with Crippen LogP contribution in [0.2, 0.25) is 0 Å². The Hall–Kier alpha value is -1.93. The first-order chi connectivity index (χ1) is 9.74. The fourth-order valence-corrected chi connectivity index (χ4v) is 2.44. The van der Waals surface area contributed by atoms with Crippen LogP contribution in [0.15, 0.2) is 60.7 Å². The molecule has 0 saturated carbocycles. The van der Waals surface area contributed by atoms with Gasteiger partial charge in [0.05, 0.1) is 12.0 Å². The van der Waals surface area contributed by atoms with Crippen molar-refractivity contribution in [3.05, 3.63) is 71.8 Å². The molecule has 2 aromatic carbocycles. The first-order valence-corrected chi connectivity index (χ1v) is 7.06. The molecule has 2 aromatic rings. The summed E-state index contributed by atoms with van der Waals surface area (Å²) in [5, 5.41) is 10.5.